The summed E-state index contributed by atoms with van der Waals surface area (Å²) in [6.45, 7) is 82.3. The Balaban J connectivity index is -0.0000000180. The van der Waals surface area contributed by atoms with E-state index in [1.807, 2.05) is 55.6 Å². The van der Waals surface area contributed by atoms with E-state index < -0.39 is 0 Å². The average Bonchev–Trinajstić information content (AvgIpc) is 1.10. The van der Waals surface area contributed by atoms with E-state index in [-0.39, 0.29) is 89.1 Å². The van der Waals surface area contributed by atoms with Crippen molar-refractivity contribution in [3.63, 3.8) is 0 Å². The summed E-state index contributed by atoms with van der Waals surface area (Å²) < 4.78 is 45.7. The molecule has 0 heterocycles. The molecule has 0 radical (unpaired) electrons. The minimum Gasteiger partial charge on any atom is -0.358 e. The zero-order valence-corrected chi connectivity index (χ0v) is 130. The molecular weight excluding hydrogens is 3520 g/mol. The predicted octanol–water partition coefficient (Wildman–Crippen LogP) is 31.0. The standard InChI is InChI=1S/2C6H14N.2C5H12N.4C4H10N.2C3H8N.6C3H7N.2C2H6N.6CH3N.12CH3.12Ta/c2*1-5(2)7-6(3)4;2*1-4-6-5(2)3;2*1-4(2)5-3;2*1-3-5-4-2;2*1-3-4-2;6*1-3(2)4;2*1-3-2;6*1-2;;;;;;;;;;;;;;;;;;;;;;;;/h2*5-6H,1-4H3;2*5H,4H2,1-3H3;2*4H,1-3H3;2*3-4H2,1-2H3;2*3H2,1-2H3;6*3H,1-2H3;2*1-2H3;6*1H3;12*1H3;;;;;;;;;;;;/q10*-1;;;;;;;2*-1;;;;;;;12*-1;;;;;;;;;;;;. The Morgan fingerprint density at radius 3 is 0.275 bits per heavy atom. The van der Waals surface area contributed by atoms with Crippen LogP contribution in [0.2, 0.25) is 0 Å². The molecule has 36 heteroatoms. The van der Waals surface area contributed by atoms with Crippen LogP contribution in [-0.4, -0.2) is 236 Å². The molecule has 0 aliphatic heterocycles. The van der Waals surface area contributed by atoms with Gasteiger partial charge in [-0.3, -0.25) is 0 Å². The molecule has 0 aliphatic carbocycles. The maximum absolute atomic E-state index is 4.28. The third kappa shape index (κ3) is 1060. The van der Waals surface area contributed by atoms with Crippen molar-refractivity contribution in [2.24, 2.45) is 40.1 Å². The fourth-order valence-electron chi connectivity index (χ4n) is 2.37. The summed E-state index contributed by atoms with van der Waals surface area (Å²) in [5, 5.41) is 47.0. The van der Waals surface area contributed by atoms with Crippen LogP contribution >= 0.6 is 0 Å². The molecule has 0 bridgehead atoms. The van der Waals surface area contributed by atoms with Gasteiger partial charge in [0.25, 0.3) is 0 Å². The van der Waals surface area contributed by atoms with Gasteiger partial charge in [-0.15, -0.1) is 48.3 Å². The van der Waals surface area contributed by atoms with Crippen LogP contribution in [0, 0.1) is 89.1 Å². The molecule has 0 saturated heterocycles. The fraction of sp³-hybridized carbons (Fsp3) is 0.857. The molecule has 0 spiro atoms. The van der Waals surface area contributed by atoms with Crippen molar-refractivity contribution in [1.29, 1.82) is 0 Å². The van der Waals surface area contributed by atoms with Gasteiger partial charge < -0.3 is 153 Å². The van der Waals surface area contributed by atoms with Gasteiger partial charge in [0.15, 0.2) is 0 Å². The molecule has 0 aromatic heterocycles. The minimum atomic E-state index is 0. The predicted molar refractivity (Wildman–Crippen MR) is 526 cm³/mol. The molecule has 0 amide bonds. The van der Waals surface area contributed by atoms with Gasteiger partial charge in [-0.1, -0.05) is 166 Å². The van der Waals surface area contributed by atoms with Crippen LogP contribution < -0.4 is 0 Å². The van der Waals surface area contributed by atoms with Gasteiger partial charge in [0, 0.05) is 0 Å². The molecule has 0 saturated carbocycles. The Morgan fingerprint density at radius 1 is 0.192 bits per heavy atom. The first-order valence-electron chi connectivity index (χ1n) is 36.6. The second kappa shape index (κ2) is 300. The normalized spacial score (nSPS) is 7.30. The van der Waals surface area contributed by atoms with E-state index in [0.717, 1.165) is 303 Å². The number of nitrogens with zero attached hydrogens (tertiary/aromatic N) is 24. The van der Waals surface area contributed by atoms with Crippen molar-refractivity contribution in [1.82, 2.24) is 0 Å². The smallest absolute Gasteiger partial charge is 0.358 e. The first-order valence-corrected chi connectivity index (χ1v) is 53.9. The van der Waals surface area contributed by atoms with E-state index in [2.05, 4.69) is 312 Å². The number of hydrogen-bond acceptors (Lipinski definition) is 12. The molecule has 24 nitrogen and oxygen atoms in total. The van der Waals surface area contributed by atoms with E-state index in [9.17, 15) is 0 Å². The zero-order valence-electron chi connectivity index (χ0n) is 91.8. The van der Waals surface area contributed by atoms with Crippen molar-refractivity contribution >= 4 is 0 Å². The van der Waals surface area contributed by atoms with Crippen LogP contribution in [0.1, 0.15) is 249 Å². The van der Waals surface area contributed by atoms with E-state index in [4.69, 9.17) is 0 Å². The summed E-state index contributed by atoms with van der Waals surface area (Å²) in [6, 6.07) is 7.42. The molecule has 756 valence electrons. The SMILES string of the molecule is CC(C)[N-]C(C)C.CC(C)[N-]C(C)C.CC(C)[N]=[Ta].CC(C)[N]=[Ta].CC(C)[N]=[Ta].CC(C)[N]=[Ta].CC(C)[N]=[Ta].CC(C)[N]=[Ta].CC[N-]C.CC[N-]C.CC[N-]C(C)C.CC[N-]C(C)C.CC[N-]CC.CC[N-]CC.C[N-]C.C[N-]C.C[N-]C(C)C.C[N-]C(C)C.C[N]=[Ta].C[N]=[Ta].C[N]=[Ta].C[N]=[Ta].C[N]=[Ta].C[N]=[Ta].[CH3-].[CH3-].[CH3-].[CH3-].[CH3-].[CH3-].[CH3-].[CH3-].[CH3-].[CH3-].[CH3-].[CH3-]. The summed E-state index contributed by atoms with van der Waals surface area (Å²) in [6.07, 6.45) is 0. The Hall–Kier alpha value is 6.00. The third-order valence-electron chi connectivity index (χ3n) is 6.23. The van der Waals surface area contributed by atoms with Crippen LogP contribution in [-0.2, 0) is 251 Å². The van der Waals surface area contributed by atoms with Crippen molar-refractivity contribution in [3.05, 3.63) is 153 Å². The molecule has 120 heavy (non-hydrogen) atoms. The van der Waals surface area contributed by atoms with Gasteiger partial charge in [0.05, 0.1) is 0 Å². The fourth-order valence-corrected chi connectivity index (χ4v) is 2.37. The molecule has 0 aliphatic rings. The monoisotopic (exact) mass is 3730 g/mol. The number of hydrogen-bond donors (Lipinski definition) is 0. The Bertz CT molecular complexity index is 1180. The number of rotatable bonds is 22. The Morgan fingerprint density at radius 2 is 0.275 bits per heavy atom. The summed E-state index contributed by atoms with van der Waals surface area (Å²) in [5.74, 6) is 0. The summed E-state index contributed by atoms with van der Waals surface area (Å²) in [7, 11) is 25.1. The minimum absolute atomic E-state index is 0. The maximum atomic E-state index is 4.28. The van der Waals surface area contributed by atoms with Crippen LogP contribution in [0.25, 0.3) is 63.8 Å². The van der Waals surface area contributed by atoms with Crippen molar-refractivity contribution < 1.29 is 251 Å². The molecule has 0 atom stereocenters. The summed E-state index contributed by atoms with van der Waals surface area (Å²) >= 11 is 13.9. The molecule has 0 rings (SSSR count). The first kappa shape index (κ1) is 243. The summed E-state index contributed by atoms with van der Waals surface area (Å²) in [5.41, 5.74) is 0. The van der Waals surface area contributed by atoms with Crippen LogP contribution in [0.15, 0.2) is 40.1 Å². The van der Waals surface area contributed by atoms with Crippen molar-refractivity contribution in [2.75, 3.05) is 151 Å². The van der Waals surface area contributed by atoms with Gasteiger partial charge in [-0.2, -0.15) is 109 Å². The van der Waals surface area contributed by atoms with Gasteiger partial charge >= 0.3 is 452 Å². The maximum Gasteiger partial charge on any atom is -0.358 e. The average molecular weight is 3730 g/mol. The largest absolute Gasteiger partial charge is 0.358 e. The zero-order chi connectivity index (χ0) is 92.7. The third-order valence-corrected chi connectivity index (χ3v) is 16.2. The first-order chi connectivity index (χ1) is 49.9. The van der Waals surface area contributed by atoms with E-state index >= 15 is 0 Å². The van der Waals surface area contributed by atoms with Gasteiger partial charge in [0.1, 0.15) is 0 Å². The Kier molecular flexibility index (Phi) is 608. The second-order valence-corrected chi connectivity index (χ2v) is 36.5. The topological polar surface area (TPSA) is 318 Å². The van der Waals surface area contributed by atoms with Crippen molar-refractivity contribution in [2.45, 2.75) is 334 Å². The summed E-state index contributed by atoms with van der Waals surface area (Å²) in [4.78, 5) is 0. The van der Waals surface area contributed by atoms with Gasteiger partial charge in [-0.05, 0) is 0 Å². The molecule has 0 unspecified atom stereocenters. The van der Waals surface area contributed by atoms with Crippen molar-refractivity contribution in [3.8, 4) is 0 Å². The molecule has 0 fully saturated rings. The van der Waals surface area contributed by atoms with Crippen LogP contribution in [0.3, 0.4) is 0 Å². The van der Waals surface area contributed by atoms with E-state index in [1.54, 1.807) is 84.6 Å². The molecule has 0 N–H and O–H groups in total. The van der Waals surface area contributed by atoms with Crippen LogP contribution in [0.4, 0.5) is 0 Å². The molecular formula is C84H216N24Ta12-24. The molecule has 0 aromatic carbocycles. The second-order valence-electron chi connectivity index (χ2n) is 22.9. The van der Waals surface area contributed by atoms with E-state index in [1.165, 1.54) is 0 Å². The quantitative estimate of drug-likeness (QED) is 0.0913. The van der Waals surface area contributed by atoms with Gasteiger partial charge in [0.2, 0.25) is 0 Å². The Labute approximate surface area is 916 Å². The van der Waals surface area contributed by atoms with Gasteiger partial charge in [-0.25, -0.2) is 0 Å². The van der Waals surface area contributed by atoms with Crippen LogP contribution in [0.5, 0.6) is 0 Å². The van der Waals surface area contributed by atoms with E-state index in [0.29, 0.717) is 84.6 Å². The molecule has 0 aromatic rings.